The van der Waals surface area contributed by atoms with E-state index in [1.54, 1.807) is 17.6 Å². The molecule has 0 aliphatic rings. The van der Waals surface area contributed by atoms with Gasteiger partial charge in [-0.1, -0.05) is 23.7 Å². The van der Waals surface area contributed by atoms with Gasteiger partial charge in [0.15, 0.2) is 0 Å². The highest BCUT2D eigenvalue weighted by Gasteiger charge is 2.28. The Bertz CT molecular complexity index is 785. The summed E-state index contributed by atoms with van der Waals surface area (Å²) in [5, 5.41) is 9.38. The molecule has 2 atom stereocenters. The maximum absolute atomic E-state index is 14.4. The van der Waals surface area contributed by atoms with Crippen molar-refractivity contribution in [1.82, 2.24) is 5.48 Å². The van der Waals surface area contributed by atoms with Gasteiger partial charge < -0.3 is 4.74 Å². The van der Waals surface area contributed by atoms with Gasteiger partial charge in [0.2, 0.25) is 5.91 Å². The maximum atomic E-state index is 14.4. The fourth-order valence-electron chi connectivity index (χ4n) is 2.99. The summed E-state index contributed by atoms with van der Waals surface area (Å²) < 4.78 is 33.1. The fourth-order valence-corrected chi connectivity index (χ4v) is 3.21. The van der Waals surface area contributed by atoms with Crippen LogP contribution in [0.15, 0.2) is 36.4 Å². The molecular formula is C19H20ClF2NO3. The highest BCUT2D eigenvalue weighted by molar-refractivity contribution is 6.30. The van der Waals surface area contributed by atoms with Crippen LogP contribution in [0.2, 0.25) is 5.02 Å². The summed E-state index contributed by atoms with van der Waals surface area (Å²) >= 11 is 5.98. The molecule has 2 N–H and O–H groups in total. The smallest absolute Gasteiger partial charge is 0.245 e. The topological polar surface area (TPSA) is 58.6 Å². The third-order valence-electron chi connectivity index (χ3n) is 4.37. The van der Waals surface area contributed by atoms with Gasteiger partial charge in [0.05, 0.1) is 12.5 Å². The number of methoxy groups -OCH3 is 1. The monoisotopic (exact) mass is 383 g/mol. The molecule has 0 aliphatic heterocycles. The van der Waals surface area contributed by atoms with Crippen molar-refractivity contribution in [2.75, 3.05) is 7.11 Å². The Balaban J connectivity index is 2.44. The van der Waals surface area contributed by atoms with Crippen molar-refractivity contribution >= 4 is 17.5 Å². The number of aryl methyl sites for hydroxylation is 1. The van der Waals surface area contributed by atoms with E-state index in [4.69, 9.17) is 21.5 Å². The van der Waals surface area contributed by atoms with E-state index in [9.17, 15) is 13.6 Å². The van der Waals surface area contributed by atoms with E-state index < -0.39 is 29.6 Å². The van der Waals surface area contributed by atoms with Crippen LogP contribution < -0.4 is 5.48 Å². The van der Waals surface area contributed by atoms with E-state index in [1.165, 1.54) is 19.2 Å². The molecule has 0 radical (unpaired) electrons. The third kappa shape index (κ3) is 5.00. The van der Waals surface area contributed by atoms with Gasteiger partial charge in [0, 0.05) is 24.1 Å². The Morgan fingerprint density at radius 3 is 2.58 bits per heavy atom. The third-order valence-corrected chi connectivity index (χ3v) is 4.60. The number of hydroxylamine groups is 1. The van der Waals surface area contributed by atoms with Crippen LogP contribution >= 0.6 is 11.6 Å². The molecular weight excluding hydrogens is 364 g/mol. The summed E-state index contributed by atoms with van der Waals surface area (Å²) in [6, 6.07) is 8.66. The molecule has 26 heavy (non-hydrogen) atoms. The van der Waals surface area contributed by atoms with Gasteiger partial charge >= 0.3 is 0 Å². The van der Waals surface area contributed by atoms with Crippen LogP contribution in [0.25, 0.3) is 0 Å². The molecule has 0 saturated carbocycles. The number of rotatable bonds is 7. The van der Waals surface area contributed by atoms with E-state index in [-0.39, 0.29) is 12.0 Å². The second kappa shape index (κ2) is 9.07. The van der Waals surface area contributed by atoms with E-state index in [0.717, 1.165) is 17.2 Å². The zero-order valence-electron chi connectivity index (χ0n) is 14.4. The second-order valence-electron chi connectivity index (χ2n) is 6.06. The Morgan fingerprint density at radius 2 is 2.00 bits per heavy atom. The summed E-state index contributed by atoms with van der Waals surface area (Å²) in [5.74, 6) is -2.63. The first-order valence-corrected chi connectivity index (χ1v) is 8.39. The number of ether oxygens (including phenoxy) is 1. The van der Waals surface area contributed by atoms with Crippen molar-refractivity contribution in [3.8, 4) is 0 Å². The summed E-state index contributed by atoms with van der Waals surface area (Å²) in [6.07, 6.45) is -0.554. The van der Waals surface area contributed by atoms with Crippen molar-refractivity contribution in [2.24, 2.45) is 0 Å². The van der Waals surface area contributed by atoms with Gasteiger partial charge in [-0.25, -0.2) is 14.3 Å². The Hall–Kier alpha value is -2.02. The summed E-state index contributed by atoms with van der Waals surface area (Å²) in [6.45, 7) is 1.88. The van der Waals surface area contributed by atoms with Crippen LogP contribution in [0.1, 0.15) is 29.0 Å². The molecule has 1 unspecified atom stereocenters. The minimum absolute atomic E-state index is 0.179. The SMILES string of the molecule is CO[C@H](CC(=O)NO)C(Cc1ccc(Cl)cc1C)c1ccc(F)cc1F. The quantitative estimate of drug-likeness (QED) is 0.557. The van der Waals surface area contributed by atoms with Crippen molar-refractivity contribution < 1.29 is 23.5 Å². The lowest BCUT2D eigenvalue weighted by Crippen LogP contribution is -2.31. The largest absolute Gasteiger partial charge is 0.380 e. The Kier molecular flexibility index (Phi) is 7.08. The van der Waals surface area contributed by atoms with Crippen molar-refractivity contribution in [1.29, 1.82) is 0 Å². The van der Waals surface area contributed by atoms with Gasteiger partial charge in [0.1, 0.15) is 11.6 Å². The number of hydrogen-bond donors (Lipinski definition) is 2. The van der Waals surface area contributed by atoms with E-state index >= 15 is 0 Å². The zero-order valence-corrected chi connectivity index (χ0v) is 15.2. The number of benzene rings is 2. The molecule has 0 fully saturated rings. The predicted molar refractivity (Wildman–Crippen MR) is 94.3 cm³/mol. The first kappa shape index (κ1) is 20.3. The number of halogens is 3. The highest BCUT2D eigenvalue weighted by atomic mass is 35.5. The predicted octanol–water partition coefficient (Wildman–Crippen LogP) is 4.16. The molecule has 2 rings (SSSR count). The van der Waals surface area contributed by atoms with Crippen LogP contribution in [0.3, 0.4) is 0 Å². The first-order chi connectivity index (χ1) is 12.3. The van der Waals surface area contributed by atoms with Crippen LogP contribution in [0, 0.1) is 18.6 Å². The molecule has 0 bridgehead atoms. The molecule has 4 nitrogen and oxygen atoms in total. The molecule has 2 aromatic carbocycles. The number of carbonyl (C=O) groups is 1. The number of carbonyl (C=O) groups excluding carboxylic acids is 1. The van der Waals surface area contributed by atoms with Gasteiger partial charge in [-0.05, 0) is 48.2 Å². The van der Waals surface area contributed by atoms with Crippen molar-refractivity contribution in [2.45, 2.75) is 31.8 Å². The number of amides is 1. The van der Waals surface area contributed by atoms with E-state index in [1.807, 2.05) is 13.0 Å². The van der Waals surface area contributed by atoms with Crippen LogP contribution in [0.4, 0.5) is 8.78 Å². The average Bonchev–Trinajstić information content (AvgIpc) is 2.60. The molecule has 0 spiro atoms. The molecule has 7 heteroatoms. The van der Waals surface area contributed by atoms with E-state index in [2.05, 4.69) is 0 Å². The molecule has 0 heterocycles. The first-order valence-electron chi connectivity index (χ1n) is 8.01. The minimum atomic E-state index is -0.725. The molecule has 1 amide bonds. The van der Waals surface area contributed by atoms with Crippen LogP contribution in [-0.2, 0) is 16.0 Å². The normalized spacial score (nSPS) is 13.3. The fraction of sp³-hybridized carbons (Fsp3) is 0.316. The van der Waals surface area contributed by atoms with Crippen LogP contribution in [-0.4, -0.2) is 24.3 Å². The molecule has 0 saturated heterocycles. The minimum Gasteiger partial charge on any atom is -0.380 e. The van der Waals surface area contributed by atoms with Gasteiger partial charge in [0.25, 0.3) is 0 Å². The van der Waals surface area contributed by atoms with E-state index in [0.29, 0.717) is 11.4 Å². The lowest BCUT2D eigenvalue weighted by atomic mass is 9.84. The van der Waals surface area contributed by atoms with Gasteiger partial charge in [-0.3, -0.25) is 10.0 Å². The summed E-state index contributed by atoms with van der Waals surface area (Å²) in [7, 11) is 1.40. The molecule has 0 aliphatic carbocycles. The standard InChI is InChI=1S/C19H20ClF2NO3/c1-11-7-13(20)4-3-12(11)8-16(18(26-2)10-19(24)23-25)15-6-5-14(21)9-17(15)22/h3-7,9,16,18,25H,8,10H2,1-2H3,(H,23,24)/t16?,18-/m1/s1. The zero-order chi connectivity index (χ0) is 19.3. The van der Waals surface area contributed by atoms with Crippen LogP contribution in [0.5, 0.6) is 0 Å². The Morgan fingerprint density at radius 1 is 1.27 bits per heavy atom. The van der Waals surface area contributed by atoms with Gasteiger partial charge in [-0.15, -0.1) is 0 Å². The Labute approximate surface area is 155 Å². The number of hydrogen-bond acceptors (Lipinski definition) is 3. The molecule has 2 aromatic rings. The lowest BCUT2D eigenvalue weighted by molar-refractivity contribution is -0.132. The van der Waals surface area contributed by atoms with Crippen molar-refractivity contribution in [3.05, 3.63) is 69.7 Å². The van der Waals surface area contributed by atoms with Crippen molar-refractivity contribution in [3.63, 3.8) is 0 Å². The second-order valence-corrected chi connectivity index (χ2v) is 6.50. The lowest BCUT2D eigenvalue weighted by Gasteiger charge is -2.27. The number of nitrogens with one attached hydrogen (secondary N) is 1. The summed E-state index contributed by atoms with van der Waals surface area (Å²) in [4.78, 5) is 11.6. The average molecular weight is 384 g/mol. The highest BCUT2D eigenvalue weighted by Crippen LogP contribution is 2.32. The maximum Gasteiger partial charge on any atom is 0.245 e. The van der Waals surface area contributed by atoms with Gasteiger partial charge in [-0.2, -0.15) is 0 Å². The summed E-state index contributed by atoms with van der Waals surface area (Å²) in [5.41, 5.74) is 3.59. The molecule has 0 aromatic heterocycles. The molecule has 140 valence electrons.